The Hall–Kier alpha value is -1.60. The minimum atomic E-state index is -3.75. The summed E-state index contributed by atoms with van der Waals surface area (Å²) in [4.78, 5) is 10.3. The zero-order chi connectivity index (χ0) is 21.2. The summed E-state index contributed by atoms with van der Waals surface area (Å²) in [5, 5.41) is 8.36. The third-order valence-electron chi connectivity index (χ3n) is 3.21. The van der Waals surface area contributed by atoms with Gasteiger partial charge >= 0.3 is 5.97 Å². The van der Waals surface area contributed by atoms with Gasteiger partial charge in [-0.2, -0.15) is 8.42 Å². The first kappa shape index (κ1) is 25.4. The molecule has 0 fully saturated rings. The largest absolute Gasteiger partial charge is 0.480 e. The Kier molecular flexibility index (Phi) is 14.2. The number of carboxylic acids is 1. The number of aliphatic carboxylic acids is 1. The van der Waals surface area contributed by atoms with E-state index in [0.717, 1.165) is 0 Å². The van der Waals surface area contributed by atoms with Crippen LogP contribution in [0.4, 0.5) is 0 Å². The topological polar surface area (TPSA) is 127 Å². The van der Waals surface area contributed by atoms with Crippen molar-refractivity contribution in [3.05, 3.63) is 30.3 Å². The average molecular weight is 436 g/mol. The Balaban J connectivity index is 1.82. The summed E-state index contributed by atoms with van der Waals surface area (Å²) in [5.41, 5.74) is 0. The van der Waals surface area contributed by atoms with Crippen molar-refractivity contribution >= 4 is 16.1 Å². The number of ether oxygens (including phenoxy) is 5. The van der Waals surface area contributed by atoms with Crippen LogP contribution in [-0.2, 0) is 42.8 Å². The Morgan fingerprint density at radius 3 is 1.55 bits per heavy atom. The van der Waals surface area contributed by atoms with Crippen LogP contribution in [0.3, 0.4) is 0 Å². The molecule has 0 amide bonds. The minimum Gasteiger partial charge on any atom is -0.480 e. The average Bonchev–Trinajstić information content (AvgIpc) is 2.70. The summed E-state index contributed by atoms with van der Waals surface area (Å²) in [6, 6.07) is 7.91. The SMILES string of the molecule is O=C(O)COCCOCCOCCOCCOCCOS(=O)(=O)c1ccccc1. The molecule has 0 saturated heterocycles. The lowest BCUT2D eigenvalue weighted by Crippen LogP contribution is -2.15. The van der Waals surface area contributed by atoms with Gasteiger partial charge in [-0.3, -0.25) is 4.18 Å². The third-order valence-corrected chi connectivity index (χ3v) is 4.54. The molecule has 10 nitrogen and oxygen atoms in total. The van der Waals surface area contributed by atoms with Crippen molar-refractivity contribution in [2.75, 3.05) is 72.7 Å². The maximum Gasteiger partial charge on any atom is 0.329 e. The molecule has 0 saturated carbocycles. The van der Waals surface area contributed by atoms with E-state index in [1.807, 2.05) is 0 Å². The molecule has 0 heterocycles. The van der Waals surface area contributed by atoms with Gasteiger partial charge in [-0.25, -0.2) is 4.79 Å². The second kappa shape index (κ2) is 16.2. The third kappa shape index (κ3) is 14.1. The Morgan fingerprint density at radius 1 is 0.690 bits per heavy atom. The van der Waals surface area contributed by atoms with Gasteiger partial charge in [-0.05, 0) is 12.1 Å². The summed E-state index contributed by atoms with van der Waals surface area (Å²) >= 11 is 0. The second-order valence-electron chi connectivity index (χ2n) is 5.48. The molecular weight excluding hydrogens is 408 g/mol. The van der Waals surface area contributed by atoms with E-state index in [9.17, 15) is 13.2 Å². The van der Waals surface area contributed by atoms with E-state index >= 15 is 0 Å². The minimum absolute atomic E-state index is 0.0678. The van der Waals surface area contributed by atoms with Crippen molar-refractivity contribution in [2.24, 2.45) is 0 Å². The molecule has 0 radical (unpaired) electrons. The number of hydrogen-bond acceptors (Lipinski definition) is 9. The van der Waals surface area contributed by atoms with Crippen LogP contribution in [0.2, 0.25) is 0 Å². The Morgan fingerprint density at radius 2 is 1.10 bits per heavy atom. The predicted molar refractivity (Wildman–Crippen MR) is 101 cm³/mol. The van der Waals surface area contributed by atoms with E-state index in [0.29, 0.717) is 46.2 Å². The molecule has 0 aliphatic carbocycles. The number of rotatable bonds is 19. The molecule has 0 bridgehead atoms. The molecule has 0 aliphatic rings. The van der Waals surface area contributed by atoms with Crippen molar-refractivity contribution in [2.45, 2.75) is 4.90 Å². The molecular formula is C18H28O10S. The van der Waals surface area contributed by atoms with Gasteiger partial charge in [-0.15, -0.1) is 0 Å². The van der Waals surface area contributed by atoms with Crippen LogP contribution in [0.5, 0.6) is 0 Å². The van der Waals surface area contributed by atoms with Crippen LogP contribution in [0, 0.1) is 0 Å². The van der Waals surface area contributed by atoms with Crippen molar-refractivity contribution in [3.8, 4) is 0 Å². The van der Waals surface area contributed by atoms with Crippen molar-refractivity contribution in [3.63, 3.8) is 0 Å². The Labute approximate surface area is 170 Å². The smallest absolute Gasteiger partial charge is 0.329 e. The van der Waals surface area contributed by atoms with Crippen LogP contribution < -0.4 is 0 Å². The fraction of sp³-hybridized carbons (Fsp3) is 0.611. The van der Waals surface area contributed by atoms with Gasteiger partial charge in [0.15, 0.2) is 0 Å². The summed E-state index contributed by atoms with van der Waals surface area (Å²) in [7, 11) is -3.75. The van der Waals surface area contributed by atoms with Gasteiger partial charge in [0.05, 0.1) is 71.0 Å². The van der Waals surface area contributed by atoms with E-state index in [1.165, 1.54) is 12.1 Å². The lowest BCUT2D eigenvalue weighted by atomic mass is 10.4. The molecule has 1 rings (SSSR count). The van der Waals surface area contributed by atoms with Gasteiger partial charge in [-0.1, -0.05) is 18.2 Å². The predicted octanol–water partition coefficient (Wildman–Crippen LogP) is 0.560. The fourth-order valence-corrected chi connectivity index (χ4v) is 2.81. The normalized spacial score (nSPS) is 11.6. The maximum atomic E-state index is 11.9. The standard InChI is InChI=1S/C18H28O10S/c19-18(20)16-27-13-12-25-9-8-23-6-7-24-10-11-26-14-15-28-29(21,22)17-4-2-1-3-5-17/h1-5H,6-16H2,(H,19,20). The highest BCUT2D eigenvalue weighted by atomic mass is 32.2. The second-order valence-corrected chi connectivity index (χ2v) is 7.10. The monoisotopic (exact) mass is 436 g/mol. The van der Waals surface area contributed by atoms with Gasteiger partial charge in [0.2, 0.25) is 0 Å². The summed E-state index contributed by atoms with van der Waals surface area (Å²) in [6.07, 6.45) is 0. The number of carbonyl (C=O) groups is 1. The van der Waals surface area contributed by atoms with E-state index in [-0.39, 0.29) is 31.3 Å². The van der Waals surface area contributed by atoms with Crippen LogP contribution >= 0.6 is 0 Å². The molecule has 166 valence electrons. The lowest BCUT2D eigenvalue weighted by Gasteiger charge is -2.08. The lowest BCUT2D eigenvalue weighted by molar-refractivity contribution is -0.142. The molecule has 11 heteroatoms. The molecule has 0 atom stereocenters. The van der Waals surface area contributed by atoms with Crippen molar-refractivity contribution < 1.29 is 46.2 Å². The quantitative estimate of drug-likeness (QED) is 0.243. The van der Waals surface area contributed by atoms with Gasteiger partial charge in [0, 0.05) is 0 Å². The highest BCUT2D eigenvalue weighted by molar-refractivity contribution is 7.86. The molecule has 0 spiro atoms. The van der Waals surface area contributed by atoms with E-state index < -0.39 is 16.1 Å². The zero-order valence-corrected chi connectivity index (χ0v) is 17.0. The summed E-state index contributed by atoms with van der Waals surface area (Å²) < 4.78 is 54.4. The number of benzene rings is 1. The molecule has 1 aromatic carbocycles. The fourth-order valence-electron chi connectivity index (χ4n) is 1.90. The molecule has 29 heavy (non-hydrogen) atoms. The number of carboxylic acid groups (broad SMARTS) is 1. The summed E-state index contributed by atoms with van der Waals surface area (Å²) in [5.74, 6) is -1.01. The van der Waals surface area contributed by atoms with Crippen LogP contribution in [0.25, 0.3) is 0 Å². The van der Waals surface area contributed by atoms with Gasteiger partial charge < -0.3 is 28.8 Å². The van der Waals surface area contributed by atoms with Crippen molar-refractivity contribution in [1.82, 2.24) is 0 Å². The van der Waals surface area contributed by atoms with Crippen LogP contribution in [0.15, 0.2) is 35.2 Å². The molecule has 1 aromatic rings. The highest BCUT2D eigenvalue weighted by Crippen LogP contribution is 2.10. The van der Waals surface area contributed by atoms with E-state index in [4.69, 9.17) is 33.0 Å². The molecule has 0 unspecified atom stereocenters. The van der Waals surface area contributed by atoms with E-state index in [2.05, 4.69) is 0 Å². The molecule has 1 N–H and O–H groups in total. The van der Waals surface area contributed by atoms with Crippen LogP contribution in [-0.4, -0.2) is 92.2 Å². The maximum absolute atomic E-state index is 11.9. The number of hydrogen-bond donors (Lipinski definition) is 1. The van der Waals surface area contributed by atoms with Gasteiger partial charge in [0.25, 0.3) is 10.1 Å². The molecule has 0 aromatic heterocycles. The van der Waals surface area contributed by atoms with Gasteiger partial charge in [0.1, 0.15) is 6.61 Å². The summed E-state index contributed by atoms with van der Waals surface area (Å²) in [6.45, 7) is 2.50. The molecule has 0 aliphatic heterocycles. The zero-order valence-electron chi connectivity index (χ0n) is 16.2. The first-order chi connectivity index (χ1) is 14.0. The highest BCUT2D eigenvalue weighted by Gasteiger charge is 2.13. The first-order valence-corrected chi connectivity index (χ1v) is 10.5. The Bertz CT molecular complexity index is 635. The van der Waals surface area contributed by atoms with Crippen LogP contribution in [0.1, 0.15) is 0 Å². The van der Waals surface area contributed by atoms with Crippen molar-refractivity contribution in [1.29, 1.82) is 0 Å². The van der Waals surface area contributed by atoms with E-state index in [1.54, 1.807) is 18.2 Å². The first-order valence-electron chi connectivity index (χ1n) is 9.07.